The number of hydrogen-bond acceptors (Lipinski definition) is 4. The van der Waals surface area contributed by atoms with Gasteiger partial charge in [0, 0.05) is 27.6 Å². The quantitative estimate of drug-likeness (QED) is 0.811. The first kappa shape index (κ1) is 15.0. The van der Waals surface area contributed by atoms with Crippen LogP contribution in [0.1, 0.15) is 9.67 Å². The van der Waals surface area contributed by atoms with Gasteiger partial charge in [-0.25, -0.2) is 0 Å². The van der Waals surface area contributed by atoms with Gasteiger partial charge in [0.2, 0.25) is 0 Å². The highest BCUT2D eigenvalue weighted by Gasteiger charge is 2.21. The topological polar surface area (TPSA) is 66.6 Å². The third kappa shape index (κ3) is 2.87. The standard InChI is InChI=1S/C14H15BrN2O2S/c1-2-5-17(6-7-18)14(19)13-12(16)10-4-3-9(15)8-11(10)20-13/h2-4,8,18H,1,5-7,16H2. The molecular formula is C14H15BrN2O2S. The number of hydrogen-bond donors (Lipinski definition) is 2. The molecule has 0 bridgehead atoms. The summed E-state index contributed by atoms with van der Waals surface area (Å²) in [5.74, 6) is -0.172. The number of amides is 1. The van der Waals surface area contributed by atoms with Crippen LogP contribution in [0, 0.1) is 0 Å². The van der Waals surface area contributed by atoms with E-state index < -0.39 is 0 Å². The van der Waals surface area contributed by atoms with Gasteiger partial charge in [0.05, 0.1) is 12.3 Å². The first-order chi connectivity index (χ1) is 9.58. The average Bonchev–Trinajstić information content (AvgIpc) is 2.74. The van der Waals surface area contributed by atoms with Crippen molar-refractivity contribution in [3.63, 3.8) is 0 Å². The second kappa shape index (κ2) is 6.39. The largest absolute Gasteiger partial charge is 0.397 e. The second-order valence-electron chi connectivity index (χ2n) is 4.25. The lowest BCUT2D eigenvalue weighted by Crippen LogP contribution is -2.33. The Morgan fingerprint density at radius 3 is 2.95 bits per heavy atom. The molecule has 0 atom stereocenters. The zero-order valence-corrected chi connectivity index (χ0v) is 13.2. The fraction of sp³-hybridized carbons (Fsp3) is 0.214. The van der Waals surface area contributed by atoms with Crippen LogP contribution >= 0.6 is 27.3 Å². The molecule has 1 aromatic heterocycles. The molecule has 106 valence electrons. The van der Waals surface area contributed by atoms with Gasteiger partial charge >= 0.3 is 0 Å². The lowest BCUT2D eigenvalue weighted by molar-refractivity contribution is 0.0748. The van der Waals surface area contributed by atoms with Crippen LogP contribution in [0.15, 0.2) is 35.3 Å². The van der Waals surface area contributed by atoms with E-state index in [1.807, 2.05) is 18.2 Å². The molecule has 0 saturated carbocycles. The Balaban J connectivity index is 2.43. The molecule has 0 aliphatic heterocycles. The molecule has 0 fully saturated rings. The minimum Gasteiger partial charge on any atom is -0.397 e. The number of rotatable bonds is 5. The highest BCUT2D eigenvalue weighted by atomic mass is 79.9. The molecule has 0 saturated heterocycles. The van der Waals surface area contributed by atoms with Gasteiger partial charge in [-0.2, -0.15) is 0 Å². The third-order valence-electron chi connectivity index (χ3n) is 2.89. The van der Waals surface area contributed by atoms with Crippen molar-refractivity contribution >= 4 is 48.9 Å². The summed E-state index contributed by atoms with van der Waals surface area (Å²) in [5.41, 5.74) is 6.57. The highest BCUT2D eigenvalue weighted by Crippen LogP contribution is 2.35. The van der Waals surface area contributed by atoms with Crippen LogP contribution in [-0.4, -0.2) is 35.6 Å². The van der Waals surface area contributed by atoms with E-state index in [1.165, 1.54) is 16.2 Å². The van der Waals surface area contributed by atoms with Crippen LogP contribution in [0.4, 0.5) is 5.69 Å². The summed E-state index contributed by atoms with van der Waals surface area (Å²) >= 11 is 4.77. The van der Waals surface area contributed by atoms with Crippen molar-refractivity contribution in [3.05, 3.63) is 40.2 Å². The molecule has 1 heterocycles. The summed E-state index contributed by atoms with van der Waals surface area (Å²) in [6, 6.07) is 5.73. The number of carbonyl (C=O) groups excluding carboxylic acids is 1. The molecule has 0 spiro atoms. The Morgan fingerprint density at radius 2 is 2.30 bits per heavy atom. The van der Waals surface area contributed by atoms with E-state index in [4.69, 9.17) is 10.8 Å². The van der Waals surface area contributed by atoms with E-state index in [2.05, 4.69) is 22.5 Å². The molecule has 20 heavy (non-hydrogen) atoms. The van der Waals surface area contributed by atoms with Crippen LogP contribution in [0.3, 0.4) is 0 Å². The zero-order valence-electron chi connectivity index (χ0n) is 10.8. The summed E-state index contributed by atoms with van der Waals surface area (Å²) < 4.78 is 1.91. The van der Waals surface area contributed by atoms with Crippen LogP contribution in [0.25, 0.3) is 10.1 Å². The van der Waals surface area contributed by atoms with Gasteiger partial charge in [0.15, 0.2) is 0 Å². The van der Waals surface area contributed by atoms with Gasteiger partial charge in [-0.05, 0) is 12.1 Å². The van der Waals surface area contributed by atoms with Gasteiger partial charge in [-0.15, -0.1) is 17.9 Å². The fourth-order valence-electron chi connectivity index (χ4n) is 1.95. The van der Waals surface area contributed by atoms with Crippen molar-refractivity contribution in [1.82, 2.24) is 4.90 Å². The highest BCUT2D eigenvalue weighted by molar-refractivity contribution is 9.10. The molecule has 0 aliphatic rings. The second-order valence-corrected chi connectivity index (χ2v) is 6.22. The number of aliphatic hydroxyl groups excluding tert-OH is 1. The van der Waals surface area contributed by atoms with Crippen molar-refractivity contribution in [2.45, 2.75) is 0 Å². The first-order valence-corrected chi connectivity index (χ1v) is 7.68. The van der Waals surface area contributed by atoms with Gasteiger partial charge in [-0.1, -0.05) is 28.1 Å². The maximum absolute atomic E-state index is 12.5. The van der Waals surface area contributed by atoms with Crippen molar-refractivity contribution < 1.29 is 9.90 Å². The van der Waals surface area contributed by atoms with Gasteiger partial charge in [0.25, 0.3) is 5.91 Å². The third-order valence-corrected chi connectivity index (χ3v) is 4.54. The van der Waals surface area contributed by atoms with Crippen LogP contribution < -0.4 is 5.73 Å². The zero-order chi connectivity index (χ0) is 14.7. The van der Waals surface area contributed by atoms with E-state index in [9.17, 15) is 4.79 Å². The molecule has 6 heteroatoms. The van der Waals surface area contributed by atoms with E-state index >= 15 is 0 Å². The number of thiophene rings is 1. The van der Waals surface area contributed by atoms with Crippen LogP contribution in [0.5, 0.6) is 0 Å². The molecule has 2 aromatic rings. The van der Waals surface area contributed by atoms with Crippen LogP contribution in [-0.2, 0) is 0 Å². The van der Waals surface area contributed by atoms with E-state index in [1.54, 1.807) is 6.08 Å². The Morgan fingerprint density at radius 1 is 1.55 bits per heavy atom. The van der Waals surface area contributed by atoms with E-state index in [0.717, 1.165) is 14.6 Å². The molecule has 1 amide bonds. The Bertz CT molecular complexity index is 654. The minimum atomic E-state index is -0.172. The molecule has 1 aromatic carbocycles. The van der Waals surface area contributed by atoms with Gasteiger partial charge in [0.1, 0.15) is 4.88 Å². The maximum atomic E-state index is 12.5. The number of nitrogens with zero attached hydrogens (tertiary/aromatic N) is 1. The monoisotopic (exact) mass is 354 g/mol. The summed E-state index contributed by atoms with van der Waals surface area (Å²) in [6.45, 7) is 4.19. The fourth-order valence-corrected chi connectivity index (χ4v) is 3.59. The number of nitrogen functional groups attached to an aromatic ring is 1. The smallest absolute Gasteiger partial charge is 0.266 e. The Kier molecular flexibility index (Phi) is 4.80. The molecule has 0 radical (unpaired) electrons. The molecule has 3 N–H and O–H groups in total. The van der Waals surface area contributed by atoms with Gasteiger partial charge in [-0.3, -0.25) is 4.79 Å². The number of aliphatic hydroxyl groups is 1. The van der Waals surface area contributed by atoms with Gasteiger partial charge < -0.3 is 15.7 Å². The maximum Gasteiger partial charge on any atom is 0.266 e. The summed E-state index contributed by atoms with van der Waals surface area (Å²) in [5, 5.41) is 9.92. The molecule has 2 rings (SSSR count). The normalized spacial score (nSPS) is 10.7. The number of carbonyl (C=O) groups is 1. The van der Waals surface area contributed by atoms with E-state index in [-0.39, 0.29) is 19.1 Å². The van der Waals surface area contributed by atoms with Crippen molar-refractivity contribution in [3.8, 4) is 0 Å². The first-order valence-electron chi connectivity index (χ1n) is 6.07. The minimum absolute atomic E-state index is 0.0874. The van der Waals surface area contributed by atoms with E-state index in [0.29, 0.717) is 17.1 Å². The molecule has 0 unspecified atom stereocenters. The number of anilines is 1. The van der Waals surface area contributed by atoms with Crippen LogP contribution in [0.2, 0.25) is 0 Å². The summed E-state index contributed by atoms with van der Waals surface area (Å²) in [4.78, 5) is 14.5. The number of halogens is 1. The lowest BCUT2D eigenvalue weighted by atomic mass is 10.2. The molecular weight excluding hydrogens is 340 g/mol. The SMILES string of the molecule is C=CCN(CCO)C(=O)c1sc2cc(Br)ccc2c1N. The van der Waals surface area contributed by atoms with Crippen molar-refractivity contribution in [2.75, 3.05) is 25.4 Å². The Hall–Kier alpha value is -1.37. The predicted octanol–water partition coefficient (Wildman–Crippen LogP) is 2.87. The molecule has 0 aliphatic carbocycles. The number of fused-ring (bicyclic) bond motifs is 1. The lowest BCUT2D eigenvalue weighted by Gasteiger charge is -2.19. The van der Waals surface area contributed by atoms with Crippen molar-refractivity contribution in [1.29, 1.82) is 0 Å². The predicted molar refractivity (Wildman–Crippen MR) is 87.1 cm³/mol. The number of benzene rings is 1. The summed E-state index contributed by atoms with van der Waals surface area (Å²) in [6.07, 6.45) is 1.63. The van der Waals surface area contributed by atoms with Crippen molar-refractivity contribution in [2.24, 2.45) is 0 Å². The Labute approximate surface area is 129 Å². The summed E-state index contributed by atoms with van der Waals surface area (Å²) in [7, 11) is 0. The number of nitrogens with two attached hydrogens (primary N) is 1. The average molecular weight is 355 g/mol. The molecule has 4 nitrogen and oxygen atoms in total.